The summed E-state index contributed by atoms with van der Waals surface area (Å²) in [5, 5.41) is 3.53. The summed E-state index contributed by atoms with van der Waals surface area (Å²) >= 11 is 6.02. The summed E-state index contributed by atoms with van der Waals surface area (Å²) in [7, 11) is 0. The van der Waals surface area contributed by atoms with Gasteiger partial charge in [-0.05, 0) is 42.0 Å². The molecule has 0 aliphatic rings. The van der Waals surface area contributed by atoms with Gasteiger partial charge in [0.05, 0.1) is 0 Å². The summed E-state index contributed by atoms with van der Waals surface area (Å²) in [6.07, 6.45) is 1.90. The summed E-state index contributed by atoms with van der Waals surface area (Å²) < 4.78 is 1.90. The number of halogens is 1. The second-order valence-electron chi connectivity index (χ2n) is 5.73. The predicted octanol–water partition coefficient (Wildman–Crippen LogP) is 5.51. The first-order chi connectivity index (χ1) is 12.2. The molecule has 0 saturated carbocycles. The van der Waals surface area contributed by atoms with Crippen molar-refractivity contribution in [3.8, 4) is 11.1 Å². The quantitative estimate of drug-likeness (QED) is 0.521. The third kappa shape index (κ3) is 3.02. The lowest BCUT2D eigenvalue weighted by Gasteiger charge is -2.09. The first-order valence-electron chi connectivity index (χ1n) is 7.95. The lowest BCUT2D eigenvalue weighted by atomic mass is 10.1. The molecule has 122 valence electrons. The minimum Gasteiger partial charge on any atom is -0.321 e. The van der Waals surface area contributed by atoms with Crippen LogP contribution < -0.4 is 5.32 Å². The van der Waals surface area contributed by atoms with Crippen molar-refractivity contribution < 1.29 is 4.79 Å². The summed E-state index contributed by atoms with van der Waals surface area (Å²) in [5.41, 5.74) is 4.13. The van der Waals surface area contributed by atoms with Crippen molar-refractivity contribution in [1.29, 1.82) is 0 Å². The van der Waals surface area contributed by atoms with Gasteiger partial charge >= 0.3 is 0 Å². The van der Waals surface area contributed by atoms with Gasteiger partial charge in [-0.1, -0.05) is 54.1 Å². The number of carbonyl (C=O) groups is 1. The topological polar surface area (TPSA) is 33.5 Å². The number of rotatable bonds is 3. The van der Waals surface area contributed by atoms with Crippen molar-refractivity contribution in [2.75, 3.05) is 5.32 Å². The fourth-order valence-corrected chi connectivity index (χ4v) is 3.14. The molecule has 1 amide bonds. The summed E-state index contributed by atoms with van der Waals surface area (Å²) in [6.45, 7) is 0. The molecule has 0 radical (unpaired) electrons. The molecular formula is C21H15ClN2O. The van der Waals surface area contributed by atoms with Crippen LogP contribution in [0.5, 0.6) is 0 Å². The second kappa shape index (κ2) is 6.46. The fraction of sp³-hybridized carbons (Fsp3) is 0. The van der Waals surface area contributed by atoms with Gasteiger partial charge in [-0.15, -0.1) is 0 Å². The van der Waals surface area contributed by atoms with Gasteiger partial charge in [-0.3, -0.25) is 4.79 Å². The molecule has 2 aromatic heterocycles. The number of aromatic nitrogens is 1. The van der Waals surface area contributed by atoms with Crippen molar-refractivity contribution in [2.45, 2.75) is 0 Å². The first kappa shape index (κ1) is 15.5. The minimum atomic E-state index is -0.174. The fourth-order valence-electron chi connectivity index (χ4n) is 2.95. The molecule has 0 aliphatic heterocycles. The van der Waals surface area contributed by atoms with E-state index in [0.717, 1.165) is 16.6 Å². The van der Waals surface area contributed by atoms with E-state index in [1.165, 1.54) is 0 Å². The van der Waals surface area contributed by atoms with Gasteiger partial charge in [-0.2, -0.15) is 0 Å². The van der Waals surface area contributed by atoms with Crippen molar-refractivity contribution in [2.24, 2.45) is 0 Å². The molecule has 0 bridgehead atoms. The highest BCUT2D eigenvalue weighted by Gasteiger charge is 2.18. The number of nitrogens with zero attached hydrogens (tertiary/aromatic N) is 1. The maximum absolute atomic E-state index is 13.0. The lowest BCUT2D eigenvalue weighted by Crippen LogP contribution is -2.15. The molecule has 0 spiro atoms. The molecule has 0 unspecified atom stereocenters. The van der Waals surface area contributed by atoms with Crippen molar-refractivity contribution >= 4 is 28.7 Å². The number of benzene rings is 2. The Morgan fingerprint density at radius 3 is 2.48 bits per heavy atom. The molecule has 4 aromatic rings. The predicted molar refractivity (Wildman–Crippen MR) is 102 cm³/mol. The molecule has 0 fully saturated rings. The van der Waals surface area contributed by atoms with Crippen LogP contribution in [0.15, 0.2) is 85.1 Å². The average Bonchev–Trinajstić information content (AvgIpc) is 3.02. The van der Waals surface area contributed by atoms with E-state index in [1.54, 1.807) is 12.1 Å². The van der Waals surface area contributed by atoms with E-state index >= 15 is 0 Å². The van der Waals surface area contributed by atoms with Gasteiger partial charge in [0.1, 0.15) is 5.69 Å². The zero-order chi connectivity index (χ0) is 17.2. The zero-order valence-corrected chi connectivity index (χ0v) is 14.1. The Morgan fingerprint density at radius 1 is 0.880 bits per heavy atom. The van der Waals surface area contributed by atoms with Gasteiger partial charge in [0, 0.05) is 28.0 Å². The SMILES string of the molecule is O=C(Nc1cccc(Cl)c1)c1c(-c2ccccc2)cc2ccccn12. The molecule has 2 heterocycles. The zero-order valence-electron chi connectivity index (χ0n) is 13.3. The Bertz CT molecular complexity index is 1050. The van der Waals surface area contributed by atoms with Gasteiger partial charge in [-0.25, -0.2) is 0 Å². The molecule has 4 rings (SSSR count). The monoisotopic (exact) mass is 346 g/mol. The number of amides is 1. The molecule has 0 aliphatic carbocycles. The maximum atomic E-state index is 13.0. The van der Waals surface area contributed by atoms with Crippen LogP contribution in [0.2, 0.25) is 5.02 Å². The number of nitrogens with one attached hydrogen (secondary N) is 1. The molecule has 4 heteroatoms. The van der Waals surface area contributed by atoms with E-state index in [0.29, 0.717) is 16.4 Å². The Labute approximate surface area is 150 Å². The Hall–Kier alpha value is -3.04. The van der Waals surface area contributed by atoms with Crippen LogP contribution in [0.1, 0.15) is 10.5 Å². The molecule has 0 atom stereocenters. The van der Waals surface area contributed by atoms with Gasteiger partial charge in [0.15, 0.2) is 0 Å². The standard InChI is InChI=1S/C21H15ClN2O/c22-16-9-6-10-17(13-16)23-21(25)20-19(15-7-2-1-3-8-15)14-18-11-4-5-12-24(18)20/h1-14H,(H,23,25). The molecule has 2 aromatic carbocycles. The van der Waals surface area contributed by atoms with Crippen molar-refractivity contribution in [3.63, 3.8) is 0 Å². The number of fused-ring (bicyclic) bond motifs is 1. The van der Waals surface area contributed by atoms with Gasteiger partial charge in [0.2, 0.25) is 0 Å². The average molecular weight is 347 g/mol. The van der Waals surface area contributed by atoms with Crippen LogP contribution in [0.3, 0.4) is 0 Å². The van der Waals surface area contributed by atoms with Gasteiger partial charge in [0.25, 0.3) is 5.91 Å². The van der Waals surface area contributed by atoms with E-state index in [4.69, 9.17) is 11.6 Å². The first-order valence-corrected chi connectivity index (χ1v) is 8.32. The molecule has 1 N–H and O–H groups in total. The number of hydrogen-bond donors (Lipinski definition) is 1. The van der Waals surface area contributed by atoms with E-state index < -0.39 is 0 Å². The third-order valence-electron chi connectivity index (χ3n) is 4.06. The second-order valence-corrected chi connectivity index (χ2v) is 6.17. The van der Waals surface area contributed by atoms with Crippen LogP contribution >= 0.6 is 11.6 Å². The minimum absolute atomic E-state index is 0.174. The van der Waals surface area contributed by atoms with Crippen LogP contribution in [0.25, 0.3) is 16.6 Å². The normalized spacial score (nSPS) is 10.8. The van der Waals surface area contributed by atoms with Crippen LogP contribution in [-0.4, -0.2) is 10.3 Å². The number of hydrogen-bond acceptors (Lipinski definition) is 1. The Balaban J connectivity index is 1.83. The van der Waals surface area contributed by atoms with Crippen molar-refractivity contribution in [3.05, 3.63) is 95.8 Å². The highest BCUT2D eigenvalue weighted by atomic mass is 35.5. The molecule has 25 heavy (non-hydrogen) atoms. The summed E-state index contributed by atoms with van der Waals surface area (Å²) in [6, 6.07) is 24.9. The van der Waals surface area contributed by atoms with E-state index in [1.807, 2.05) is 77.3 Å². The number of carbonyl (C=O) groups excluding carboxylic acids is 1. The molecule has 3 nitrogen and oxygen atoms in total. The van der Waals surface area contributed by atoms with E-state index in [2.05, 4.69) is 5.32 Å². The number of pyridine rings is 1. The smallest absolute Gasteiger partial charge is 0.273 e. The van der Waals surface area contributed by atoms with Crippen molar-refractivity contribution in [1.82, 2.24) is 4.40 Å². The van der Waals surface area contributed by atoms with Crippen LogP contribution in [0, 0.1) is 0 Å². The number of anilines is 1. The van der Waals surface area contributed by atoms with Gasteiger partial charge < -0.3 is 9.72 Å². The summed E-state index contributed by atoms with van der Waals surface area (Å²) in [5.74, 6) is -0.174. The van der Waals surface area contributed by atoms with E-state index in [-0.39, 0.29) is 5.91 Å². The highest BCUT2D eigenvalue weighted by molar-refractivity contribution is 6.31. The lowest BCUT2D eigenvalue weighted by molar-refractivity contribution is 0.102. The molecule has 0 saturated heterocycles. The Morgan fingerprint density at radius 2 is 1.68 bits per heavy atom. The van der Waals surface area contributed by atoms with Crippen LogP contribution in [0.4, 0.5) is 5.69 Å². The van der Waals surface area contributed by atoms with Crippen LogP contribution in [-0.2, 0) is 0 Å². The largest absolute Gasteiger partial charge is 0.321 e. The summed E-state index contributed by atoms with van der Waals surface area (Å²) in [4.78, 5) is 13.0. The highest BCUT2D eigenvalue weighted by Crippen LogP contribution is 2.28. The maximum Gasteiger partial charge on any atom is 0.273 e. The molecular weight excluding hydrogens is 332 g/mol. The Kier molecular flexibility index (Phi) is 4.00. The van der Waals surface area contributed by atoms with E-state index in [9.17, 15) is 4.79 Å². The third-order valence-corrected chi connectivity index (χ3v) is 4.30.